The molecule has 25 heavy (non-hydrogen) atoms. The molecule has 0 saturated heterocycles. The highest BCUT2D eigenvalue weighted by Crippen LogP contribution is 2.25. The molecule has 1 amide bonds. The smallest absolute Gasteiger partial charge is 0.224 e. The summed E-state index contributed by atoms with van der Waals surface area (Å²) in [5.74, 6) is -0.390. The Balaban J connectivity index is 2.19. The molecule has 0 aliphatic rings. The standard InChI is InChI=1S/C14H13FN6O3S/c1-8(22)17-5-6-25-14-12(20-24-21-14)13(19-23)18-9-3-4-10(15)11(7-9)16-2/h3-4,7,23H,5-6H2,1H3,(H,17,22)(H,18,19). The number of benzene rings is 1. The molecule has 11 heteroatoms. The summed E-state index contributed by atoms with van der Waals surface area (Å²) in [6, 6.07) is 3.68. The van der Waals surface area contributed by atoms with Gasteiger partial charge in [0.2, 0.25) is 11.6 Å². The summed E-state index contributed by atoms with van der Waals surface area (Å²) >= 11 is 1.24. The number of amidine groups is 1. The van der Waals surface area contributed by atoms with E-state index in [1.165, 1.54) is 30.8 Å². The third-order valence-corrected chi connectivity index (χ3v) is 3.74. The van der Waals surface area contributed by atoms with Gasteiger partial charge in [-0.25, -0.2) is 18.9 Å². The van der Waals surface area contributed by atoms with Crippen molar-refractivity contribution in [3.63, 3.8) is 0 Å². The van der Waals surface area contributed by atoms with Crippen LogP contribution in [0, 0.1) is 12.4 Å². The van der Waals surface area contributed by atoms with E-state index in [0.29, 0.717) is 17.3 Å². The zero-order chi connectivity index (χ0) is 18.2. The lowest BCUT2D eigenvalue weighted by Crippen LogP contribution is -2.23. The van der Waals surface area contributed by atoms with E-state index >= 15 is 0 Å². The Morgan fingerprint density at radius 3 is 3.00 bits per heavy atom. The summed E-state index contributed by atoms with van der Waals surface area (Å²) in [5, 5.41) is 19.7. The first-order valence-electron chi connectivity index (χ1n) is 6.91. The lowest BCUT2D eigenvalue weighted by atomic mass is 10.2. The number of hydroxylamine groups is 1. The topological polar surface area (TPSA) is 117 Å². The van der Waals surface area contributed by atoms with Gasteiger partial charge in [0, 0.05) is 19.2 Å². The molecule has 0 saturated carbocycles. The lowest BCUT2D eigenvalue weighted by Gasteiger charge is -2.04. The largest absolute Gasteiger partial charge is 0.356 e. The zero-order valence-corrected chi connectivity index (χ0v) is 13.8. The van der Waals surface area contributed by atoms with Gasteiger partial charge in [-0.1, -0.05) is 11.8 Å². The molecule has 0 radical (unpaired) electrons. The van der Waals surface area contributed by atoms with Crippen LogP contribution in [0.2, 0.25) is 0 Å². The van der Waals surface area contributed by atoms with E-state index in [9.17, 15) is 14.4 Å². The predicted molar refractivity (Wildman–Crippen MR) is 87.5 cm³/mol. The first-order valence-corrected chi connectivity index (χ1v) is 7.89. The van der Waals surface area contributed by atoms with Crippen molar-refractivity contribution in [1.29, 1.82) is 0 Å². The second-order valence-electron chi connectivity index (χ2n) is 4.57. The predicted octanol–water partition coefficient (Wildman–Crippen LogP) is 2.04. The van der Waals surface area contributed by atoms with Gasteiger partial charge < -0.3 is 5.32 Å². The molecule has 1 aromatic heterocycles. The monoisotopic (exact) mass is 364 g/mol. The molecule has 0 fully saturated rings. The normalized spacial score (nSPS) is 11.0. The summed E-state index contributed by atoms with van der Waals surface area (Å²) < 4.78 is 18.0. The molecule has 2 rings (SSSR count). The number of rotatable bonds is 6. The number of hydrogen-bond acceptors (Lipinski definition) is 7. The molecule has 9 nitrogen and oxygen atoms in total. The number of nitrogens with one attached hydrogen (secondary N) is 2. The molecule has 2 aromatic rings. The quantitative estimate of drug-likeness (QED) is 0.179. The van der Waals surface area contributed by atoms with E-state index in [-0.39, 0.29) is 28.8 Å². The van der Waals surface area contributed by atoms with Crippen molar-refractivity contribution in [2.75, 3.05) is 12.3 Å². The van der Waals surface area contributed by atoms with Crippen molar-refractivity contribution >= 4 is 34.9 Å². The van der Waals surface area contributed by atoms with Crippen LogP contribution in [0.3, 0.4) is 0 Å². The van der Waals surface area contributed by atoms with Crippen molar-refractivity contribution in [1.82, 2.24) is 21.1 Å². The number of amides is 1. The third-order valence-electron chi connectivity index (χ3n) is 2.79. The number of hydrogen-bond donors (Lipinski definition) is 3. The number of thioether (sulfide) groups is 1. The number of nitrogens with zero attached hydrogens (tertiary/aromatic N) is 4. The van der Waals surface area contributed by atoms with Gasteiger partial charge in [0.1, 0.15) is 5.82 Å². The van der Waals surface area contributed by atoms with Gasteiger partial charge in [-0.3, -0.25) is 15.5 Å². The minimum Gasteiger partial charge on any atom is -0.356 e. The van der Waals surface area contributed by atoms with Crippen LogP contribution in [-0.2, 0) is 4.79 Å². The lowest BCUT2D eigenvalue weighted by molar-refractivity contribution is -0.118. The second-order valence-corrected chi connectivity index (χ2v) is 5.65. The number of aromatic nitrogens is 2. The summed E-state index contributed by atoms with van der Waals surface area (Å²) in [4.78, 5) is 18.0. The molecule has 0 unspecified atom stereocenters. The van der Waals surface area contributed by atoms with Crippen LogP contribution >= 0.6 is 11.8 Å². The van der Waals surface area contributed by atoms with Crippen LogP contribution in [0.25, 0.3) is 4.85 Å². The Hall–Kier alpha value is -2.97. The maximum Gasteiger partial charge on any atom is 0.224 e. The van der Waals surface area contributed by atoms with Gasteiger partial charge in [-0.05, 0) is 28.5 Å². The number of carbonyl (C=O) groups is 1. The Kier molecular flexibility index (Phi) is 6.44. The van der Waals surface area contributed by atoms with Crippen LogP contribution in [-0.4, -0.2) is 39.6 Å². The van der Waals surface area contributed by atoms with Gasteiger partial charge in [-0.2, -0.15) is 0 Å². The second kappa shape index (κ2) is 8.76. The molecular weight excluding hydrogens is 351 g/mol. The van der Waals surface area contributed by atoms with Crippen LogP contribution in [0.5, 0.6) is 0 Å². The highest BCUT2D eigenvalue weighted by molar-refractivity contribution is 7.99. The van der Waals surface area contributed by atoms with E-state index in [0.717, 1.165) is 6.07 Å². The van der Waals surface area contributed by atoms with Gasteiger partial charge in [0.05, 0.1) is 12.3 Å². The molecule has 0 spiro atoms. The van der Waals surface area contributed by atoms with E-state index in [1.54, 1.807) is 0 Å². The Morgan fingerprint density at radius 2 is 2.32 bits per heavy atom. The van der Waals surface area contributed by atoms with Crippen LogP contribution in [0.4, 0.5) is 15.8 Å². The first-order chi connectivity index (χ1) is 12.0. The Labute approximate surface area is 146 Å². The SMILES string of the molecule is [C-]#[N+]c1cc(N=C(NO)c2nonc2SCCNC(C)=O)ccc1F. The van der Waals surface area contributed by atoms with E-state index in [2.05, 4.69) is 30.1 Å². The third kappa shape index (κ3) is 5.00. The van der Waals surface area contributed by atoms with Crippen molar-refractivity contribution in [2.45, 2.75) is 11.9 Å². The van der Waals surface area contributed by atoms with Crippen molar-refractivity contribution in [3.8, 4) is 0 Å². The molecule has 0 aliphatic carbocycles. The number of carbonyl (C=O) groups excluding carboxylic acids is 1. The molecule has 0 bridgehead atoms. The van der Waals surface area contributed by atoms with E-state index < -0.39 is 5.82 Å². The fourth-order valence-electron chi connectivity index (χ4n) is 1.71. The van der Waals surface area contributed by atoms with E-state index in [1.807, 2.05) is 5.48 Å². The molecule has 0 aliphatic heterocycles. The summed E-state index contributed by atoms with van der Waals surface area (Å²) in [7, 11) is 0. The van der Waals surface area contributed by atoms with Crippen molar-refractivity contribution in [2.24, 2.45) is 4.99 Å². The average Bonchev–Trinajstić information content (AvgIpc) is 3.06. The fourth-order valence-corrected chi connectivity index (χ4v) is 2.47. The van der Waals surface area contributed by atoms with Crippen molar-refractivity contribution < 1.29 is 19.0 Å². The van der Waals surface area contributed by atoms with Gasteiger partial charge >= 0.3 is 0 Å². The average molecular weight is 364 g/mol. The van der Waals surface area contributed by atoms with Gasteiger partial charge in [-0.15, -0.1) is 0 Å². The minimum absolute atomic E-state index is 0.0779. The van der Waals surface area contributed by atoms with Gasteiger partial charge in [0.15, 0.2) is 16.6 Å². The zero-order valence-electron chi connectivity index (χ0n) is 13.0. The molecule has 0 atom stereocenters. The number of halogens is 1. The summed E-state index contributed by atoms with van der Waals surface area (Å²) in [6.45, 7) is 8.73. The highest BCUT2D eigenvalue weighted by atomic mass is 32.2. The first kappa shape index (κ1) is 18.4. The van der Waals surface area contributed by atoms with Crippen LogP contribution < -0.4 is 10.8 Å². The van der Waals surface area contributed by atoms with E-state index in [4.69, 9.17) is 6.57 Å². The molecule has 1 heterocycles. The highest BCUT2D eigenvalue weighted by Gasteiger charge is 2.17. The maximum absolute atomic E-state index is 13.4. The minimum atomic E-state index is -0.662. The van der Waals surface area contributed by atoms with Crippen molar-refractivity contribution in [3.05, 3.63) is 41.1 Å². The number of aliphatic imine (C=N–C) groups is 1. The maximum atomic E-state index is 13.4. The molecule has 1 aromatic carbocycles. The molecular formula is C14H13FN6O3S. The Bertz CT molecular complexity index is 832. The van der Waals surface area contributed by atoms with Gasteiger partial charge in [0.25, 0.3) is 0 Å². The fraction of sp³-hybridized carbons (Fsp3) is 0.214. The van der Waals surface area contributed by atoms with Crippen LogP contribution in [0.1, 0.15) is 12.6 Å². The molecule has 3 N–H and O–H groups in total. The Morgan fingerprint density at radius 1 is 1.52 bits per heavy atom. The molecule has 130 valence electrons. The van der Waals surface area contributed by atoms with Crippen LogP contribution in [0.15, 0.2) is 32.8 Å². The summed E-state index contributed by atoms with van der Waals surface area (Å²) in [5.41, 5.74) is 2.07. The summed E-state index contributed by atoms with van der Waals surface area (Å²) in [6.07, 6.45) is 0.